The number of nitrogens with zero attached hydrogens (tertiary/aromatic N) is 2. The number of rotatable bonds is 7. The van der Waals surface area contributed by atoms with Gasteiger partial charge in [0, 0.05) is 32.0 Å². The van der Waals surface area contributed by atoms with E-state index in [1.807, 2.05) is 6.07 Å². The topological polar surface area (TPSA) is 88.2 Å². The van der Waals surface area contributed by atoms with Gasteiger partial charge in [0.15, 0.2) is 0 Å². The summed E-state index contributed by atoms with van der Waals surface area (Å²) in [5.74, 6) is 0. The zero-order chi connectivity index (χ0) is 13.4. The van der Waals surface area contributed by atoms with Gasteiger partial charge in [0.1, 0.15) is 11.6 Å². The Kier molecular flexibility index (Phi) is 5.61. The van der Waals surface area contributed by atoms with E-state index in [-0.39, 0.29) is 11.3 Å². The molecule has 0 unspecified atom stereocenters. The Bertz CT molecular complexity index is 454. The van der Waals surface area contributed by atoms with E-state index < -0.39 is 4.92 Å². The lowest BCUT2D eigenvalue weighted by Crippen LogP contribution is -2.03. The van der Waals surface area contributed by atoms with Crippen LogP contribution in [0.2, 0.25) is 0 Å². The number of anilines is 1. The predicted octanol–water partition coefficient (Wildman–Crippen LogP) is 2.30. The van der Waals surface area contributed by atoms with Crippen molar-refractivity contribution in [3.05, 3.63) is 33.9 Å². The molecule has 1 N–H and O–H groups in total. The molecule has 0 radical (unpaired) electrons. The van der Waals surface area contributed by atoms with E-state index in [0.29, 0.717) is 6.61 Å². The zero-order valence-electron chi connectivity index (χ0n) is 10.2. The summed E-state index contributed by atoms with van der Waals surface area (Å²) in [7, 11) is 1.66. The van der Waals surface area contributed by atoms with E-state index in [1.165, 1.54) is 12.1 Å². The van der Waals surface area contributed by atoms with Crippen LogP contribution in [0.5, 0.6) is 0 Å². The Morgan fingerprint density at radius 3 is 2.89 bits per heavy atom. The van der Waals surface area contributed by atoms with Crippen LogP contribution < -0.4 is 5.32 Å². The van der Waals surface area contributed by atoms with Crippen LogP contribution in [-0.2, 0) is 4.74 Å². The van der Waals surface area contributed by atoms with Crippen LogP contribution in [0.25, 0.3) is 0 Å². The average molecular weight is 249 g/mol. The lowest BCUT2D eigenvalue weighted by Gasteiger charge is -2.06. The summed E-state index contributed by atoms with van der Waals surface area (Å²) in [5, 5.41) is 22.6. The number of nitrogens with one attached hydrogen (secondary N) is 1. The molecule has 0 atom stereocenters. The molecule has 0 aliphatic rings. The van der Waals surface area contributed by atoms with E-state index in [0.717, 1.165) is 25.1 Å². The average Bonchev–Trinajstić information content (AvgIpc) is 2.38. The Hall–Kier alpha value is -2.13. The van der Waals surface area contributed by atoms with Crippen molar-refractivity contribution in [3.8, 4) is 6.07 Å². The Balaban J connectivity index is 2.58. The highest BCUT2D eigenvalue weighted by atomic mass is 16.6. The van der Waals surface area contributed by atoms with E-state index in [1.54, 1.807) is 13.2 Å². The first-order valence-electron chi connectivity index (χ1n) is 5.60. The van der Waals surface area contributed by atoms with Gasteiger partial charge in [0.25, 0.3) is 5.69 Å². The van der Waals surface area contributed by atoms with Gasteiger partial charge in [0.05, 0.1) is 4.92 Å². The molecule has 96 valence electrons. The molecule has 0 heterocycles. The predicted molar refractivity (Wildman–Crippen MR) is 67.4 cm³/mol. The third-order valence-electron chi connectivity index (χ3n) is 2.42. The first-order valence-corrected chi connectivity index (χ1v) is 5.60. The third kappa shape index (κ3) is 4.03. The summed E-state index contributed by atoms with van der Waals surface area (Å²) in [5.41, 5.74) is 0.624. The van der Waals surface area contributed by atoms with Crippen molar-refractivity contribution in [3.63, 3.8) is 0 Å². The fourth-order valence-electron chi connectivity index (χ4n) is 1.50. The molecule has 1 aromatic carbocycles. The number of hydrogen-bond donors (Lipinski definition) is 1. The van der Waals surface area contributed by atoms with Crippen LogP contribution in [0.3, 0.4) is 0 Å². The van der Waals surface area contributed by atoms with Crippen molar-refractivity contribution in [2.24, 2.45) is 0 Å². The van der Waals surface area contributed by atoms with Crippen molar-refractivity contribution in [1.29, 1.82) is 5.26 Å². The number of unbranched alkanes of at least 4 members (excludes halogenated alkanes) is 1. The van der Waals surface area contributed by atoms with Gasteiger partial charge in [-0.05, 0) is 25.0 Å². The van der Waals surface area contributed by atoms with Crippen LogP contribution in [0.4, 0.5) is 11.4 Å². The SMILES string of the molecule is COCCCCNc1ccc([N+](=O)[O-])c(C#N)c1. The van der Waals surface area contributed by atoms with Crippen LogP contribution in [0.15, 0.2) is 18.2 Å². The van der Waals surface area contributed by atoms with Crippen LogP contribution in [0, 0.1) is 21.4 Å². The molecule has 1 aromatic rings. The van der Waals surface area contributed by atoms with Crippen molar-refractivity contribution < 1.29 is 9.66 Å². The lowest BCUT2D eigenvalue weighted by atomic mass is 10.1. The summed E-state index contributed by atoms with van der Waals surface area (Å²) in [6.07, 6.45) is 1.88. The fraction of sp³-hybridized carbons (Fsp3) is 0.417. The van der Waals surface area contributed by atoms with Crippen LogP contribution in [-0.4, -0.2) is 25.2 Å². The first kappa shape index (κ1) is 13.9. The van der Waals surface area contributed by atoms with Crippen molar-refractivity contribution in [2.45, 2.75) is 12.8 Å². The van der Waals surface area contributed by atoms with Gasteiger partial charge < -0.3 is 10.1 Å². The second-order valence-electron chi connectivity index (χ2n) is 3.73. The summed E-state index contributed by atoms with van der Waals surface area (Å²) < 4.78 is 4.93. The Morgan fingerprint density at radius 2 is 2.28 bits per heavy atom. The molecule has 0 spiro atoms. The second-order valence-corrected chi connectivity index (χ2v) is 3.73. The Morgan fingerprint density at radius 1 is 1.50 bits per heavy atom. The number of ether oxygens (including phenoxy) is 1. The molecule has 0 aromatic heterocycles. The summed E-state index contributed by atoms with van der Waals surface area (Å²) in [6, 6.07) is 6.27. The summed E-state index contributed by atoms with van der Waals surface area (Å²) in [6.45, 7) is 1.46. The number of nitro benzene ring substituents is 1. The molecular weight excluding hydrogens is 234 g/mol. The molecule has 0 aliphatic heterocycles. The van der Waals surface area contributed by atoms with E-state index >= 15 is 0 Å². The summed E-state index contributed by atoms with van der Waals surface area (Å²) >= 11 is 0. The molecular formula is C12H15N3O3. The molecule has 0 aliphatic carbocycles. The standard InChI is InChI=1S/C12H15N3O3/c1-18-7-3-2-6-14-11-4-5-12(15(16)17)10(8-11)9-13/h4-5,8,14H,2-3,6-7H2,1H3. The zero-order valence-corrected chi connectivity index (χ0v) is 10.2. The normalized spacial score (nSPS) is 9.78. The van der Waals surface area contributed by atoms with E-state index in [2.05, 4.69) is 5.32 Å². The van der Waals surface area contributed by atoms with Gasteiger partial charge in [-0.25, -0.2) is 0 Å². The largest absolute Gasteiger partial charge is 0.385 e. The first-order chi connectivity index (χ1) is 8.69. The molecule has 0 bridgehead atoms. The van der Waals surface area contributed by atoms with Gasteiger partial charge in [0.2, 0.25) is 0 Å². The second kappa shape index (κ2) is 7.25. The van der Waals surface area contributed by atoms with Crippen molar-refractivity contribution in [1.82, 2.24) is 0 Å². The number of hydrogen-bond acceptors (Lipinski definition) is 5. The van der Waals surface area contributed by atoms with Crippen molar-refractivity contribution in [2.75, 3.05) is 25.6 Å². The van der Waals surface area contributed by atoms with E-state index in [4.69, 9.17) is 10.00 Å². The van der Waals surface area contributed by atoms with Gasteiger partial charge in [-0.15, -0.1) is 0 Å². The molecule has 18 heavy (non-hydrogen) atoms. The van der Waals surface area contributed by atoms with Crippen LogP contribution >= 0.6 is 0 Å². The molecule has 6 heteroatoms. The third-order valence-corrected chi connectivity index (χ3v) is 2.42. The van der Waals surface area contributed by atoms with Gasteiger partial charge in [-0.1, -0.05) is 0 Å². The minimum atomic E-state index is -0.555. The minimum absolute atomic E-state index is 0.0712. The quantitative estimate of drug-likeness (QED) is 0.455. The summed E-state index contributed by atoms with van der Waals surface area (Å²) in [4.78, 5) is 10.1. The van der Waals surface area contributed by atoms with Gasteiger partial charge in [-0.2, -0.15) is 5.26 Å². The van der Waals surface area contributed by atoms with Gasteiger partial charge in [-0.3, -0.25) is 10.1 Å². The highest BCUT2D eigenvalue weighted by Gasteiger charge is 2.13. The monoisotopic (exact) mass is 249 g/mol. The number of nitriles is 1. The fourth-order valence-corrected chi connectivity index (χ4v) is 1.50. The van der Waals surface area contributed by atoms with Crippen molar-refractivity contribution >= 4 is 11.4 Å². The van der Waals surface area contributed by atoms with Gasteiger partial charge >= 0.3 is 0 Å². The number of methoxy groups -OCH3 is 1. The molecule has 1 rings (SSSR count). The maximum absolute atomic E-state index is 10.6. The highest BCUT2D eigenvalue weighted by molar-refractivity contribution is 5.58. The smallest absolute Gasteiger partial charge is 0.287 e. The number of benzene rings is 1. The Labute approximate surface area is 105 Å². The molecule has 6 nitrogen and oxygen atoms in total. The minimum Gasteiger partial charge on any atom is -0.385 e. The molecule has 0 saturated carbocycles. The van der Waals surface area contributed by atoms with Crippen LogP contribution in [0.1, 0.15) is 18.4 Å². The molecule has 0 amide bonds. The maximum atomic E-state index is 10.6. The maximum Gasteiger partial charge on any atom is 0.287 e. The highest BCUT2D eigenvalue weighted by Crippen LogP contribution is 2.21. The lowest BCUT2D eigenvalue weighted by molar-refractivity contribution is -0.385. The number of nitro groups is 1. The van der Waals surface area contributed by atoms with E-state index in [9.17, 15) is 10.1 Å². The molecule has 0 fully saturated rings. The molecule has 0 saturated heterocycles.